The van der Waals surface area contributed by atoms with Gasteiger partial charge in [-0.25, -0.2) is 0 Å². The minimum atomic E-state index is -0.764. The molecule has 1 aromatic rings. The Kier molecular flexibility index (Phi) is 3.72. The van der Waals surface area contributed by atoms with E-state index in [0.717, 1.165) is 31.5 Å². The zero-order valence-corrected chi connectivity index (χ0v) is 12.2. The number of nitrogens with zero attached hydrogens (tertiary/aromatic N) is 1. The lowest BCUT2D eigenvalue weighted by molar-refractivity contribution is -0.0460. The van der Waals surface area contributed by atoms with Crippen molar-refractivity contribution >= 4 is 11.6 Å². The van der Waals surface area contributed by atoms with Gasteiger partial charge in [0.1, 0.15) is 0 Å². The van der Waals surface area contributed by atoms with E-state index in [9.17, 15) is 5.11 Å². The van der Waals surface area contributed by atoms with Crippen molar-refractivity contribution in [2.45, 2.75) is 44.8 Å². The van der Waals surface area contributed by atoms with Crippen molar-refractivity contribution < 1.29 is 5.11 Å². The Hall–Kier alpha value is -0.570. The van der Waals surface area contributed by atoms with E-state index in [2.05, 4.69) is 25.7 Å². The molecule has 0 aromatic heterocycles. The Morgan fingerprint density at radius 2 is 1.72 bits per heavy atom. The Morgan fingerprint density at radius 1 is 1.17 bits per heavy atom. The molecule has 0 amide bonds. The molecule has 3 heteroatoms. The summed E-state index contributed by atoms with van der Waals surface area (Å²) in [6.45, 7) is 8.46. The van der Waals surface area contributed by atoms with Crippen LogP contribution in [0.4, 0.5) is 0 Å². The van der Waals surface area contributed by atoms with Gasteiger partial charge in [-0.15, -0.1) is 0 Å². The summed E-state index contributed by atoms with van der Waals surface area (Å²) in [5, 5.41) is 11.5. The SMILES string of the molecule is CC(C)(C)N1CCC(O)(c2ccccc2Cl)CC1. The summed E-state index contributed by atoms with van der Waals surface area (Å²) in [5.74, 6) is 0. The molecule has 1 aliphatic rings. The van der Waals surface area contributed by atoms with Crippen molar-refractivity contribution in [1.82, 2.24) is 4.90 Å². The number of benzene rings is 1. The molecule has 0 radical (unpaired) electrons. The van der Waals surface area contributed by atoms with Crippen LogP contribution in [0.2, 0.25) is 5.02 Å². The molecule has 1 aliphatic heterocycles. The average Bonchev–Trinajstić information content (AvgIpc) is 2.28. The summed E-state index contributed by atoms with van der Waals surface area (Å²) in [7, 11) is 0. The van der Waals surface area contributed by atoms with Crippen LogP contribution in [-0.4, -0.2) is 28.6 Å². The highest BCUT2D eigenvalue weighted by molar-refractivity contribution is 6.31. The van der Waals surface area contributed by atoms with Gasteiger partial charge in [0.15, 0.2) is 0 Å². The third-order valence-electron chi connectivity index (χ3n) is 3.91. The molecular weight excluding hydrogens is 246 g/mol. The molecule has 0 aliphatic carbocycles. The van der Waals surface area contributed by atoms with Crippen molar-refractivity contribution in [3.8, 4) is 0 Å². The van der Waals surface area contributed by atoms with Gasteiger partial charge in [-0.05, 0) is 39.7 Å². The number of hydrogen-bond donors (Lipinski definition) is 1. The van der Waals surface area contributed by atoms with Gasteiger partial charge in [0.25, 0.3) is 0 Å². The second-order valence-corrected chi connectivity index (χ2v) is 6.58. The second-order valence-electron chi connectivity index (χ2n) is 6.17. The first kappa shape index (κ1) is 13.9. The second kappa shape index (κ2) is 4.84. The molecule has 1 N–H and O–H groups in total. The maximum absolute atomic E-state index is 10.8. The third kappa shape index (κ3) is 2.71. The molecule has 1 fully saturated rings. The fourth-order valence-corrected chi connectivity index (χ4v) is 2.97. The van der Waals surface area contributed by atoms with E-state index in [1.165, 1.54) is 0 Å². The summed E-state index contributed by atoms with van der Waals surface area (Å²) in [6.07, 6.45) is 1.49. The molecule has 1 saturated heterocycles. The minimum absolute atomic E-state index is 0.168. The predicted octanol–water partition coefficient (Wildman–Crippen LogP) is 3.42. The normalized spacial score (nSPS) is 20.9. The highest BCUT2D eigenvalue weighted by Crippen LogP contribution is 2.38. The predicted molar refractivity (Wildman–Crippen MR) is 75.9 cm³/mol. The van der Waals surface area contributed by atoms with Gasteiger partial charge in [0.2, 0.25) is 0 Å². The molecule has 1 heterocycles. The highest BCUT2D eigenvalue weighted by atomic mass is 35.5. The van der Waals surface area contributed by atoms with Crippen LogP contribution in [-0.2, 0) is 5.60 Å². The average molecular weight is 268 g/mol. The van der Waals surface area contributed by atoms with Crippen LogP contribution in [0, 0.1) is 0 Å². The van der Waals surface area contributed by atoms with Crippen LogP contribution in [0.5, 0.6) is 0 Å². The molecule has 1 aromatic carbocycles. The molecule has 2 rings (SSSR count). The van der Waals surface area contributed by atoms with Crippen LogP contribution in [0.3, 0.4) is 0 Å². The molecular formula is C15H22ClNO. The van der Waals surface area contributed by atoms with Gasteiger partial charge in [0, 0.05) is 29.2 Å². The number of likely N-dealkylation sites (tertiary alicyclic amines) is 1. The zero-order chi connectivity index (χ0) is 13.4. The van der Waals surface area contributed by atoms with Gasteiger partial charge in [-0.3, -0.25) is 4.90 Å². The number of rotatable bonds is 1. The largest absolute Gasteiger partial charge is 0.385 e. The van der Waals surface area contributed by atoms with E-state index >= 15 is 0 Å². The van der Waals surface area contributed by atoms with Gasteiger partial charge < -0.3 is 5.11 Å². The van der Waals surface area contributed by atoms with Crippen molar-refractivity contribution in [1.29, 1.82) is 0 Å². The lowest BCUT2D eigenvalue weighted by Gasteiger charge is -2.44. The summed E-state index contributed by atoms with van der Waals surface area (Å²) in [4.78, 5) is 2.41. The van der Waals surface area contributed by atoms with Crippen LogP contribution in [0.25, 0.3) is 0 Å². The van der Waals surface area contributed by atoms with Crippen LogP contribution in [0.15, 0.2) is 24.3 Å². The number of piperidine rings is 1. The number of hydrogen-bond acceptors (Lipinski definition) is 2. The molecule has 0 bridgehead atoms. The monoisotopic (exact) mass is 267 g/mol. The van der Waals surface area contributed by atoms with E-state index < -0.39 is 5.60 Å². The molecule has 18 heavy (non-hydrogen) atoms. The molecule has 2 nitrogen and oxygen atoms in total. The Bertz CT molecular complexity index is 417. The maximum Gasteiger partial charge on any atom is 0.0935 e. The van der Waals surface area contributed by atoms with Crippen molar-refractivity contribution in [2.75, 3.05) is 13.1 Å². The Morgan fingerprint density at radius 3 is 2.22 bits per heavy atom. The first-order valence-corrected chi connectivity index (χ1v) is 6.93. The first-order chi connectivity index (χ1) is 8.33. The molecule has 0 atom stereocenters. The van der Waals surface area contributed by atoms with E-state index in [1.807, 2.05) is 24.3 Å². The molecule has 0 saturated carbocycles. The summed E-state index contributed by atoms with van der Waals surface area (Å²) in [5.41, 5.74) is 0.280. The quantitative estimate of drug-likeness (QED) is 0.843. The third-order valence-corrected chi connectivity index (χ3v) is 4.24. The zero-order valence-electron chi connectivity index (χ0n) is 11.4. The molecule has 100 valence electrons. The van der Waals surface area contributed by atoms with Gasteiger partial charge >= 0.3 is 0 Å². The molecule has 0 unspecified atom stereocenters. The topological polar surface area (TPSA) is 23.5 Å². The van der Waals surface area contributed by atoms with E-state index in [4.69, 9.17) is 11.6 Å². The maximum atomic E-state index is 10.8. The summed E-state index contributed by atoms with van der Waals surface area (Å²) in [6, 6.07) is 7.63. The van der Waals surface area contributed by atoms with Gasteiger partial charge in [0.05, 0.1) is 5.60 Å². The van der Waals surface area contributed by atoms with E-state index in [0.29, 0.717) is 5.02 Å². The Labute approximate surface area is 115 Å². The van der Waals surface area contributed by atoms with Crippen LogP contribution < -0.4 is 0 Å². The standard InChI is InChI=1S/C15H22ClNO/c1-14(2,3)17-10-8-15(18,9-11-17)12-6-4-5-7-13(12)16/h4-7,18H,8-11H2,1-3H3. The highest BCUT2D eigenvalue weighted by Gasteiger charge is 2.37. The lowest BCUT2D eigenvalue weighted by atomic mass is 9.83. The number of aliphatic hydroxyl groups is 1. The Balaban J connectivity index is 2.15. The van der Waals surface area contributed by atoms with Crippen molar-refractivity contribution in [3.63, 3.8) is 0 Å². The first-order valence-electron chi connectivity index (χ1n) is 6.55. The van der Waals surface area contributed by atoms with Gasteiger partial charge in [-0.2, -0.15) is 0 Å². The molecule has 0 spiro atoms. The van der Waals surface area contributed by atoms with Gasteiger partial charge in [-0.1, -0.05) is 29.8 Å². The summed E-state index contributed by atoms with van der Waals surface area (Å²) < 4.78 is 0. The van der Waals surface area contributed by atoms with E-state index in [-0.39, 0.29) is 5.54 Å². The fourth-order valence-electron chi connectivity index (χ4n) is 2.66. The smallest absolute Gasteiger partial charge is 0.0935 e. The fraction of sp³-hybridized carbons (Fsp3) is 0.600. The van der Waals surface area contributed by atoms with Crippen molar-refractivity contribution in [2.24, 2.45) is 0 Å². The lowest BCUT2D eigenvalue weighted by Crippen LogP contribution is -2.50. The van der Waals surface area contributed by atoms with Crippen LogP contribution in [0.1, 0.15) is 39.2 Å². The van der Waals surface area contributed by atoms with Crippen molar-refractivity contribution in [3.05, 3.63) is 34.9 Å². The van der Waals surface area contributed by atoms with E-state index in [1.54, 1.807) is 0 Å². The minimum Gasteiger partial charge on any atom is -0.385 e. The van der Waals surface area contributed by atoms with Crippen LogP contribution >= 0.6 is 11.6 Å². The number of halogens is 1. The summed E-state index contributed by atoms with van der Waals surface area (Å²) >= 11 is 6.20.